The molecule has 1 aliphatic carbocycles. The van der Waals surface area contributed by atoms with E-state index in [9.17, 15) is 0 Å². The molecule has 4 aromatic carbocycles. The van der Waals surface area contributed by atoms with Gasteiger partial charge in [-0.1, -0.05) is 165 Å². The van der Waals surface area contributed by atoms with Gasteiger partial charge in [0.15, 0.2) is 0 Å². The van der Waals surface area contributed by atoms with E-state index in [1.54, 1.807) is 0 Å². The summed E-state index contributed by atoms with van der Waals surface area (Å²) in [6.45, 7) is 24.5. The predicted molar refractivity (Wildman–Crippen MR) is 293 cm³/mol. The van der Waals surface area contributed by atoms with E-state index in [-0.39, 0.29) is 25.5 Å². The molecule has 0 atom stereocenters. The zero-order chi connectivity index (χ0) is 49.1. The van der Waals surface area contributed by atoms with Crippen molar-refractivity contribution >= 4 is 57.3 Å². The standard InChI is InChI=1S/C44H39N4O.C18H25N2Si.Ir/c1-27-17-18-30-19-23-37-40(39(30)45-27)48(38-24-20-31(26-36(38)44(2,3)4)29-13-6-5-7-14-29)42(47-37)35-16-10-15-33-34-22-21-32(25-28-11-8-9-12-28)46-43(34)49-41(33)35;1-12(2)16-10-17(19-11-18(16)21(5,6)7)15-9-8-13(3)20-14(15)4;/h5-7,10,13-15,17-24,26,28H,8-9,11-12,25H2,1-4H3;8,10-12H,1-7H3;/q2*-1;. The topological polar surface area (TPSA) is 82.5 Å². The molecule has 1 radical (unpaired) electrons. The molecule has 11 rings (SSSR count). The van der Waals surface area contributed by atoms with Gasteiger partial charge in [-0.2, -0.15) is 0 Å². The normalized spacial score (nSPS) is 13.4. The van der Waals surface area contributed by atoms with Crippen molar-refractivity contribution in [3.8, 4) is 39.5 Å². The second-order valence-electron chi connectivity index (χ2n) is 21.8. The van der Waals surface area contributed by atoms with Crippen molar-refractivity contribution in [3.63, 3.8) is 0 Å². The van der Waals surface area contributed by atoms with E-state index in [2.05, 4.69) is 179 Å². The zero-order valence-electron chi connectivity index (χ0n) is 43.1. The van der Waals surface area contributed by atoms with Crippen LogP contribution in [0.15, 0.2) is 120 Å². The van der Waals surface area contributed by atoms with Gasteiger partial charge in [0.1, 0.15) is 0 Å². The molecular formula is C62H64IrN6OSi-2. The molecule has 9 heteroatoms. The van der Waals surface area contributed by atoms with Crippen LogP contribution in [-0.2, 0) is 31.9 Å². The van der Waals surface area contributed by atoms with E-state index in [1.807, 2.05) is 32.9 Å². The molecule has 0 saturated heterocycles. The summed E-state index contributed by atoms with van der Waals surface area (Å²) in [6, 6.07) is 45.4. The molecule has 0 N–H and O–H groups in total. The Hall–Kier alpha value is -6.12. The average Bonchev–Trinajstić information content (AvgIpc) is 4.09. The summed E-state index contributed by atoms with van der Waals surface area (Å²) in [5.41, 5.74) is 17.0. The molecule has 1 fully saturated rings. The van der Waals surface area contributed by atoms with Gasteiger partial charge in [-0.05, 0) is 106 Å². The minimum Gasteiger partial charge on any atom is -0.486 e. The number of aromatic nitrogens is 6. The summed E-state index contributed by atoms with van der Waals surface area (Å²) >= 11 is 0. The molecule has 0 aliphatic heterocycles. The third-order valence-electron chi connectivity index (χ3n) is 14.1. The Morgan fingerprint density at radius 3 is 2.24 bits per heavy atom. The van der Waals surface area contributed by atoms with Crippen molar-refractivity contribution in [1.29, 1.82) is 0 Å². The van der Waals surface area contributed by atoms with Crippen LogP contribution < -0.4 is 5.19 Å². The van der Waals surface area contributed by atoms with E-state index in [0.29, 0.717) is 11.6 Å². The molecule has 0 spiro atoms. The van der Waals surface area contributed by atoms with Crippen LogP contribution in [0.5, 0.6) is 0 Å². The molecule has 7 nitrogen and oxygen atoms in total. The van der Waals surface area contributed by atoms with Crippen molar-refractivity contribution in [2.75, 3.05) is 0 Å². The van der Waals surface area contributed by atoms with Gasteiger partial charge >= 0.3 is 0 Å². The number of hydrogen-bond donors (Lipinski definition) is 0. The van der Waals surface area contributed by atoms with E-state index in [4.69, 9.17) is 24.4 Å². The maximum atomic E-state index is 6.70. The first kappa shape index (κ1) is 49.8. The van der Waals surface area contributed by atoms with E-state index >= 15 is 0 Å². The van der Waals surface area contributed by atoms with Gasteiger partial charge < -0.3 is 19.0 Å². The largest absolute Gasteiger partial charge is 0.486 e. The van der Waals surface area contributed by atoms with Crippen LogP contribution >= 0.6 is 0 Å². The minimum atomic E-state index is -1.38. The van der Waals surface area contributed by atoms with Crippen LogP contribution in [0.25, 0.3) is 83.5 Å². The number of hydrogen-bond acceptors (Lipinski definition) is 6. The van der Waals surface area contributed by atoms with Gasteiger partial charge in [-0.15, -0.1) is 35.9 Å². The second-order valence-corrected chi connectivity index (χ2v) is 26.9. The van der Waals surface area contributed by atoms with Crippen LogP contribution in [0, 0.1) is 38.8 Å². The van der Waals surface area contributed by atoms with E-state index in [1.165, 1.54) is 53.1 Å². The Balaban J connectivity index is 0.000000239. The van der Waals surface area contributed by atoms with Crippen molar-refractivity contribution in [2.45, 2.75) is 118 Å². The number of rotatable bonds is 8. The first-order valence-corrected chi connectivity index (χ1v) is 28.6. The van der Waals surface area contributed by atoms with Gasteiger partial charge in [-0.3, -0.25) is 9.97 Å². The summed E-state index contributed by atoms with van der Waals surface area (Å²) in [5, 5.41) is 4.58. The number of aryl methyl sites for hydroxylation is 3. The Morgan fingerprint density at radius 1 is 0.761 bits per heavy atom. The summed E-state index contributed by atoms with van der Waals surface area (Å²) in [5.74, 6) is 2.00. The van der Waals surface area contributed by atoms with Gasteiger partial charge in [0.05, 0.1) is 36.0 Å². The Kier molecular flexibility index (Phi) is 13.9. The second kappa shape index (κ2) is 19.8. The molecule has 363 valence electrons. The molecule has 1 saturated carbocycles. The first-order valence-electron chi connectivity index (χ1n) is 25.1. The third-order valence-corrected chi connectivity index (χ3v) is 16.1. The minimum absolute atomic E-state index is 0. The maximum Gasteiger partial charge on any atom is 0.216 e. The Bertz CT molecular complexity index is 3570. The fourth-order valence-corrected chi connectivity index (χ4v) is 12.1. The third kappa shape index (κ3) is 9.94. The number of pyridine rings is 4. The maximum absolute atomic E-state index is 6.70. The number of nitrogens with zero attached hydrogens (tertiary/aromatic N) is 6. The van der Waals surface area contributed by atoms with Crippen LogP contribution in [0.4, 0.5) is 0 Å². The van der Waals surface area contributed by atoms with E-state index < -0.39 is 8.07 Å². The summed E-state index contributed by atoms with van der Waals surface area (Å²) in [6.07, 6.45) is 8.34. The van der Waals surface area contributed by atoms with Crippen molar-refractivity contribution in [2.24, 2.45) is 5.92 Å². The zero-order valence-corrected chi connectivity index (χ0v) is 46.5. The molecule has 0 unspecified atom stereocenters. The van der Waals surface area contributed by atoms with Gasteiger partial charge in [-0.25, -0.2) is 4.98 Å². The van der Waals surface area contributed by atoms with Crippen LogP contribution in [-0.4, -0.2) is 37.6 Å². The monoisotopic (exact) mass is 1130 g/mol. The number of benzene rings is 4. The molecule has 10 aromatic rings. The van der Waals surface area contributed by atoms with Gasteiger partial charge in [0, 0.05) is 54.1 Å². The summed E-state index contributed by atoms with van der Waals surface area (Å²) < 4.78 is 9.00. The van der Waals surface area contributed by atoms with Gasteiger partial charge in [0.2, 0.25) is 5.71 Å². The molecule has 0 amide bonds. The fourth-order valence-electron chi connectivity index (χ4n) is 10.4. The predicted octanol–water partition coefficient (Wildman–Crippen LogP) is 15.6. The fraction of sp³-hybridized carbons (Fsp3) is 0.306. The molecule has 0 bridgehead atoms. The van der Waals surface area contributed by atoms with E-state index in [0.717, 1.165) is 102 Å². The first-order chi connectivity index (χ1) is 33.5. The van der Waals surface area contributed by atoms with Crippen molar-refractivity contribution in [1.82, 2.24) is 29.5 Å². The van der Waals surface area contributed by atoms with Gasteiger partial charge in [0.25, 0.3) is 0 Å². The Morgan fingerprint density at radius 2 is 1.52 bits per heavy atom. The van der Waals surface area contributed by atoms with Crippen molar-refractivity contribution in [3.05, 3.63) is 161 Å². The molecular weight excluding hydrogens is 1070 g/mol. The quantitative estimate of drug-likeness (QED) is 0.111. The van der Waals surface area contributed by atoms with Crippen LogP contribution in [0.1, 0.15) is 100 Å². The molecule has 6 heterocycles. The SMILES string of the molecule is Cc1c[c-]c(-c2cc(C(C)C)c([Si](C)(C)C)cn2)c(C)n1.Cc1ccc2ccc3nc(-c4[c-]ccc5c4oc4nc(CC6CCCC6)ccc45)n(-c4ccc(-c5ccccc5)cc4C(C)(C)C)c3c2n1.[Ir]. The summed E-state index contributed by atoms with van der Waals surface area (Å²) in [7, 11) is -1.38. The Labute approximate surface area is 434 Å². The summed E-state index contributed by atoms with van der Waals surface area (Å²) in [4.78, 5) is 24.8. The van der Waals surface area contributed by atoms with Crippen LogP contribution in [0.2, 0.25) is 19.6 Å². The van der Waals surface area contributed by atoms with Crippen LogP contribution in [0.3, 0.4) is 0 Å². The number of imidazole rings is 1. The number of fused-ring (bicyclic) bond motifs is 6. The smallest absolute Gasteiger partial charge is 0.216 e. The number of furan rings is 1. The molecule has 71 heavy (non-hydrogen) atoms. The van der Waals surface area contributed by atoms with Crippen molar-refractivity contribution < 1.29 is 24.5 Å². The average molecular weight is 1130 g/mol. The molecule has 1 aliphatic rings. The molecule has 6 aromatic heterocycles.